The first kappa shape index (κ1) is 17.5. The van der Waals surface area contributed by atoms with Crippen molar-refractivity contribution < 1.29 is 9.53 Å². The summed E-state index contributed by atoms with van der Waals surface area (Å²) < 4.78 is 5.13. The van der Waals surface area contributed by atoms with Gasteiger partial charge in [-0.3, -0.25) is 4.79 Å². The Hall–Kier alpha value is -1.55. The maximum atomic E-state index is 12.3. The molecule has 0 heterocycles. The summed E-state index contributed by atoms with van der Waals surface area (Å²) in [5.41, 5.74) is 6.53. The first-order valence-corrected chi connectivity index (χ1v) is 7.60. The van der Waals surface area contributed by atoms with Gasteiger partial charge in [-0.05, 0) is 55.5 Å². The Balaban J connectivity index is 2.57. The predicted octanol–water partition coefficient (Wildman–Crippen LogP) is 3.06. The Morgan fingerprint density at radius 2 is 1.86 bits per heavy atom. The summed E-state index contributed by atoms with van der Waals surface area (Å²) >= 11 is 0. The van der Waals surface area contributed by atoms with Gasteiger partial charge in [-0.2, -0.15) is 0 Å². The highest BCUT2D eigenvalue weighted by molar-refractivity contribution is 5.92. The van der Waals surface area contributed by atoms with Crippen molar-refractivity contribution in [3.8, 4) is 5.75 Å². The van der Waals surface area contributed by atoms with Gasteiger partial charge in [0.05, 0.1) is 7.11 Å². The van der Waals surface area contributed by atoms with E-state index in [1.807, 2.05) is 31.3 Å². The van der Waals surface area contributed by atoms with Crippen LogP contribution in [0.4, 0.5) is 5.69 Å². The second-order valence-corrected chi connectivity index (χ2v) is 5.77. The molecule has 0 saturated heterocycles. The van der Waals surface area contributed by atoms with E-state index in [2.05, 4.69) is 13.8 Å². The van der Waals surface area contributed by atoms with E-state index >= 15 is 0 Å². The van der Waals surface area contributed by atoms with Gasteiger partial charge in [0.25, 0.3) is 0 Å². The zero-order chi connectivity index (χ0) is 15.8. The second-order valence-electron chi connectivity index (χ2n) is 5.77. The van der Waals surface area contributed by atoms with Crippen molar-refractivity contribution in [2.75, 3.05) is 25.6 Å². The Morgan fingerprint density at radius 3 is 2.33 bits per heavy atom. The number of amides is 1. The highest BCUT2D eigenvalue weighted by atomic mass is 16.5. The van der Waals surface area contributed by atoms with Crippen LogP contribution in [0.3, 0.4) is 0 Å². The monoisotopic (exact) mass is 292 g/mol. The van der Waals surface area contributed by atoms with Crippen LogP contribution < -0.4 is 15.4 Å². The summed E-state index contributed by atoms with van der Waals surface area (Å²) in [6.45, 7) is 5.07. The number of nitrogens with two attached hydrogens (primary N) is 1. The SMILES string of the molecule is COc1ccc(N(C)C(=O)CCC(CCN)C(C)C)cc1. The minimum absolute atomic E-state index is 0.142. The van der Waals surface area contributed by atoms with Gasteiger partial charge < -0.3 is 15.4 Å². The fourth-order valence-corrected chi connectivity index (χ4v) is 2.45. The number of hydrogen-bond donors (Lipinski definition) is 1. The third-order valence-electron chi connectivity index (χ3n) is 4.04. The lowest BCUT2D eigenvalue weighted by Crippen LogP contribution is -2.27. The lowest BCUT2D eigenvalue weighted by Gasteiger charge is -2.22. The van der Waals surface area contributed by atoms with Crippen LogP contribution in [0.2, 0.25) is 0 Å². The summed E-state index contributed by atoms with van der Waals surface area (Å²) in [4.78, 5) is 14.0. The third-order valence-corrected chi connectivity index (χ3v) is 4.04. The van der Waals surface area contributed by atoms with Crippen molar-refractivity contribution in [1.29, 1.82) is 0 Å². The molecule has 21 heavy (non-hydrogen) atoms. The topological polar surface area (TPSA) is 55.6 Å². The van der Waals surface area contributed by atoms with Crippen LogP contribution in [0.5, 0.6) is 5.75 Å². The van der Waals surface area contributed by atoms with Crippen molar-refractivity contribution in [2.45, 2.75) is 33.1 Å². The normalized spacial score (nSPS) is 12.3. The van der Waals surface area contributed by atoms with Gasteiger partial charge in [0.15, 0.2) is 0 Å². The van der Waals surface area contributed by atoms with Crippen molar-refractivity contribution in [3.05, 3.63) is 24.3 Å². The smallest absolute Gasteiger partial charge is 0.226 e. The number of carbonyl (C=O) groups excluding carboxylic acids is 1. The molecule has 0 bridgehead atoms. The largest absolute Gasteiger partial charge is 0.497 e. The van der Waals surface area contributed by atoms with E-state index in [0.717, 1.165) is 24.3 Å². The average molecular weight is 292 g/mol. The number of nitrogens with zero attached hydrogens (tertiary/aromatic N) is 1. The average Bonchev–Trinajstić information content (AvgIpc) is 2.50. The highest BCUT2D eigenvalue weighted by Gasteiger charge is 2.17. The van der Waals surface area contributed by atoms with Crippen LogP contribution in [0, 0.1) is 11.8 Å². The molecule has 0 aliphatic heterocycles. The molecule has 1 aromatic rings. The quantitative estimate of drug-likeness (QED) is 0.801. The molecule has 0 aliphatic carbocycles. The van der Waals surface area contributed by atoms with Crippen molar-refractivity contribution >= 4 is 11.6 Å². The number of carbonyl (C=O) groups is 1. The van der Waals surface area contributed by atoms with Crippen LogP contribution in [0.1, 0.15) is 33.1 Å². The summed E-state index contributed by atoms with van der Waals surface area (Å²) in [6, 6.07) is 7.53. The molecule has 1 rings (SSSR count). The molecule has 1 aromatic carbocycles. The zero-order valence-electron chi connectivity index (χ0n) is 13.6. The predicted molar refractivity (Wildman–Crippen MR) is 87.6 cm³/mol. The fourth-order valence-electron chi connectivity index (χ4n) is 2.45. The minimum Gasteiger partial charge on any atom is -0.497 e. The van der Waals surface area contributed by atoms with Crippen LogP contribution in [0.15, 0.2) is 24.3 Å². The maximum Gasteiger partial charge on any atom is 0.226 e. The lowest BCUT2D eigenvalue weighted by atomic mass is 9.88. The van der Waals surface area contributed by atoms with Crippen molar-refractivity contribution in [1.82, 2.24) is 0 Å². The van der Waals surface area contributed by atoms with Gasteiger partial charge >= 0.3 is 0 Å². The van der Waals surface area contributed by atoms with E-state index in [9.17, 15) is 4.79 Å². The standard InChI is InChI=1S/C17H28N2O2/c1-13(2)14(11-12-18)5-10-17(20)19(3)15-6-8-16(21-4)9-7-15/h6-9,13-14H,5,10-12,18H2,1-4H3. The molecule has 1 unspecified atom stereocenters. The van der Waals surface area contributed by atoms with E-state index in [4.69, 9.17) is 10.5 Å². The number of anilines is 1. The van der Waals surface area contributed by atoms with E-state index < -0.39 is 0 Å². The molecule has 0 aliphatic rings. The Kier molecular flexibility index (Phi) is 7.23. The Morgan fingerprint density at radius 1 is 1.24 bits per heavy atom. The van der Waals surface area contributed by atoms with Gasteiger partial charge in [0.1, 0.15) is 5.75 Å². The molecule has 0 spiro atoms. The van der Waals surface area contributed by atoms with Crippen LogP contribution >= 0.6 is 0 Å². The molecule has 1 atom stereocenters. The zero-order valence-corrected chi connectivity index (χ0v) is 13.6. The van der Waals surface area contributed by atoms with Crippen LogP contribution in [-0.2, 0) is 4.79 Å². The Labute approximate surface area is 128 Å². The summed E-state index contributed by atoms with van der Waals surface area (Å²) in [5.74, 6) is 2.01. The first-order valence-electron chi connectivity index (χ1n) is 7.60. The maximum absolute atomic E-state index is 12.3. The van der Waals surface area contributed by atoms with Gasteiger partial charge in [0, 0.05) is 19.2 Å². The lowest BCUT2D eigenvalue weighted by molar-refractivity contribution is -0.118. The summed E-state index contributed by atoms with van der Waals surface area (Å²) in [6.07, 6.45) is 2.44. The summed E-state index contributed by atoms with van der Waals surface area (Å²) in [5, 5.41) is 0. The first-order chi connectivity index (χ1) is 9.99. The van der Waals surface area contributed by atoms with E-state index in [-0.39, 0.29) is 5.91 Å². The fraction of sp³-hybridized carbons (Fsp3) is 0.588. The number of methoxy groups -OCH3 is 1. The Bertz CT molecular complexity index is 429. The highest BCUT2D eigenvalue weighted by Crippen LogP contribution is 2.23. The van der Waals surface area contributed by atoms with E-state index in [0.29, 0.717) is 24.8 Å². The molecular formula is C17H28N2O2. The molecule has 118 valence electrons. The molecule has 0 radical (unpaired) electrons. The molecule has 4 nitrogen and oxygen atoms in total. The van der Waals surface area contributed by atoms with E-state index in [1.54, 1.807) is 12.0 Å². The van der Waals surface area contributed by atoms with Crippen molar-refractivity contribution in [2.24, 2.45) is 17.6 Å². The third kappa shape index (κ3) is 5.38. The van der Waals surface area contributed by atoms with Gasteiger partial charge in [-0.1, -0.05) is 13.8 Å². The molecule has 2 N–H and O–H groups in total. The van der Waals surface area contributed by atoms with Crippen molar-refractivity contribution in [3.63, 3.8) is 0 Å². The molecule has 4 heteroatoms. The number of hydrogen-bond acceptors (Lipinski definition) is 3. The van der Waals surface area contributed by atoms with Crippen LogP contribution in [-0.4, -0.2) is 26.6 Å². The minimum atomic E-state index is 0.142. The molecule has 0 saturated carbocycles. The van der Waals surface area contributed by atoms with Gasteiger partial charge in [-0.15, -0.1) is 0 Å². The molecule has 0 aromatic heterocycles. The van der Waals surface area contributed by atoms with E-state index in [1.165, 1.54) is 0 Å². The second kappa shape index (κ2) is 8.67. The van der Waals surface area contributed by atoms with Crippen LogP contribution in [0.25, 0.3) is 0 Å². The number of rotatable bonds is 8. The number of benzene rings is 1. The van der Waals surface area contributed by atoms with Gasteiger partial charge in [0.2, 0.25) is 5.91 Å². The molecular weight excluding hydrogens is 264 g/mol. The van der Waals surface area contributed by atoms with Gasteiger partial charge in [-0.25, -0.2) is 0 Å². The molecule has 1 amide bonds. The summed E-state index contributed by atoms with van der Waals surface area (Å²) in [7, 11) is 3.45. The number of ether oxygens (including phenoxy) is 1. The molecule has 0 fully saturated rings.